The lowest BCUT2D eigenvalue weighted by molar-refractivity contribution is -0.549. The number of aromatic nitrogens is 1. The van der Waals surface area contributed by atoms with Crippen molar-refractivity contribution in [1.29, 1.82) is 0 Å². The standard InChI is InChI=1S/C14H13Cl2N3S/c1-18(2)11-5-7-19(8-6-11)14(20)17-13-4-3-10(15)9-12(13)16/h3-9H,1-2H3. The van der Waals surface area contributed by atoms with Crippen molar-refractivity contribution < 1.29 is 4.57 Å². The van der Waals surface area contributed by atoms with E-state index < -0.39 is 0 Å². The van der Waals surface area contributed by atoms with Crippen molar-refractivity contribution in [3.8, 4) is 0 Å². The molecule has 1 aromatic heterocycles. The molecule has 0 bridgehead atoms. The molecule has 0 amide bonds. The Kier molecular flexibility index (Phi) is 4.81. The van der Waals surface area contributed by atoms with Gasteiger partial charge in [0, 0.05) is 36.9 Å². The quantitative estimate of drug-likeness (QED) is 0.365. The summed E-state index contributed by atoms with van der Waals surface area (Å²) in [5.74, 6) is 0. The lowest BCUT2D eigenvalue weighted by atomic mass is 10.3. The van der Waals surface area contributed by atoms with Crippen LogP contribution in [0.1, 0.15) is 0 Å². The highest BCUT2D eigenvalue weighted by atomic mass is 35.5. The number of hydrogen-bond acceptors (Lipinski definition) is 3. The molecule has 0 aliphatic carbocycles. The number of nitrogens with zero attached hydrogens (tertiary/aromatic N) is 3. The van der Waals surface area contributed by atoms with Gasteiger partial charge in [0.15, 0.2) is 10.9 Å². The number of pyridine rings is 1. The van der Waals surface area contributed by atoms with Crippen LogP contribution in [-0.2, 0) is 12.6 Å². The lowest BCUT2D eigenvalue weighted by Crippen LogP contribution is -2.40. The fourth-order valence-electron chi connectivity index (χ4n) is 1.58. The maximum absolute atomic E-state index is 6.07. The van der Waals surface area contributed by atoms with E-state index >= 15 is 0 Å². The highest BCUT2D eigenvalue weighted by Gasteiger charge is 2.06. The van der Waals surface area contributed by atoms with E-state index in [1.54, 1.807) is 22.8 Å². The number of aliphatic imine (C=N–C) groups is 1. The zero-order valence-corrected chi connectivity index (χ0v) is 13.4. The fourth-order valence-corrected chi connectivity index (χ4v) is 2.25. The van der Waals surface area contributed by atoms with Crippen molar-refractivity contribution in [2.24, 2.45) is 4.99 Å². The van der Waals surface area contributed by atoms with Gasteiger partial charge < -0.3 is 17.5 Å². The third-order valence-corrected chi connectivity index (χ3v) is 3.51. The molecule has 0 saturated carbocycles. The monoisotopic (exact) mass is 325 g/mol. The smallest absolute Gasteiger partial charge is 0.191 e. The van der Waals surface area contributed by atoms with Crippen LogP contribution in [0.4, 0.5) is 11.4 Å². The predicted molar refractivity (Wildman–Crippen MR) is 87.3 cm³/mol. The molecule has 1 aromatic carbocycles. The summed E-state index contributed by atoms with van der Waals surface area (Å²) in [7, 11) is 3.96. The van der Waals surface area contributed by atoms with Gasteiger partial charge in [0.1, 0.15) is 0 Å². The summed E-state index contributed by atoms with van der Waals surface area (Å²) in [6.07, 6.45) is 3.73. The first-order valence-electron chi connectivity index (χ1n) is 5.87. The van der Waals surface area contributed by atoms with Crippen molar-refractivity contribution in [2.45, 2.75) is 0 Å². The summed E-state index contributed by atoms with van der Waals surface area (Å²) in [6.45, 7) is 0. The third-order valence-electron chi connectivity index (χ3n) is 2.67. The topological polar surface area (TPSA) is 19.5 Å². The first-order valence-corrected chi connectivity index (χ1v) is 7.03. The Bertz CT molecular complexity index is 639. The Morgan fingerprint density at radius 1 is 1.15 bits per heavy atom. The highest BCUT2D eigenvalue weighted by molar-refractivity contribution is 7.76. The normalized spacial score (nSPS) is 11.5. The van der Waals surface area contributed by atoms with Crippen LogP contribution in [0.3, 0.4) is 0 Å². The molecule has 2 aromatic rings. The van der Waals surface area contributed by atoms with Crippen LogP contribution in [0.15, 0.2) is 47.7 Å². The van der Waals surface area contributed by atoms with Gasteiger partial charge in [0.25, 0.3) is 0 Å². The van der Waals surface area contributed by atoms with E-state index in [1.165, 1.54) is 0 Å². The second kappa shape index (κ2) is 6.39. The molecule has 0 unspecified atom stereocenters. The molecule has 0 spiro atoms. The van der Waals surface area contributed by atoms with Gasteiger partial charge in [-0.3, -0.25) is 0 Å². The molecule has 6 heteroatoms. The van der Waals surface area contributed by atoms with Crippen molar-refractivity contribution in [3.05, 3.63) is 52.8 Å². The number of halogens is 2. The van der Waals surface area contributed by atoms with Crippen LogP contribution in [0.25, 0.3) is 0 Å². The second-order valence-electron chi connectivity index (χ2n) is 4.35. The van der Waals surface area contributed by atoms with E-state index in [4.69, 9.17) is 35.8 Å². The predicted octanol–water partition coefficient (Wildman–Crippen LogP) is 3.43. The molecular weight excluding hydrogens is 313 g/mol. The average Bonchev–Trinajstić information content (AvgIpc) is 2.42. The molecule has 0 fully saturated rings. The third kappa shape index (κ3) is 3.60. The second-order valence-corrected chi connectivity index (χ2v) is 5.56. The summed E-state index contributed by atoms with van der Waals surface area (Å²) in [5, 5.41) is 1.47. The van der Waals surface area contributed by atoms with Gasteiger partial charge in [-0.05, 0) is 18.2 Å². The SMILES string of the molecule is CN(C)c1cc[n+](C([S-])=Nc2ccc(Cl)cc2Cl)cc1. The Labute approximate surface area is 133 Å². The van der Waals surface area contributed by atoms with Crippen LogP contribution < -0.4 is 9.47 Å². The molecule has 20 heavy (non-hydrogen) atoms. The van der Waals surface area contributed by atoms with Gasteiger partial charge in [0.05, 0.1) is 17.4 Å². The van der Waals surface area contributed by atoms with Crippen molar-refractivity contribution in [1.82, 2.24) is 0 Å². The highest BCUT2D eigenvalue weighted by Crippen LogP contribution is 2.27. The molecule has 0 atom stereocenters. The number of benzene rings is 1. The van der Waals surface area contributed by atoms with Crippen LogP contribution >= 0.6 is 23.2 Å². The Hall–Kier alpha value is -1.36. The molecule has 0 aliphatic heterocycles. The van der Waals surface area contributed by atoms with E-state index in [0.717, 1.165) is 5.69 Å². The summed E-state index contributed by atoms with van der Waals surface area (Å²) >= 11 is 17.2. The van der Waals surface area contributed by atoms with E-state index in [-0.39, 0.29) is 0 Å². The molecule has 0 saturated heterocycles. The minimum atomic E-state index is 0.416. The van der Waals surface area contributed by atoms with Crippen molar-refractivity contribution in [3.63, 3.8) is 0 Å². The zero-order valence-electron chi connectivity index (χ0n) is 11.0. The summed E-state index contributed by atoms with van der Waals surface area (Å²) in [5.41, 5.74) is 1.69. The summed E-state index contributed by atoms with van der Waals surface area (Å²) in [4.78, 5) is 6.35. The minimum absolute atomic E-state index is 0.416. The van der Waals surface area contributed by atoms with Gasteiger partial charge in [-0.25, -0.2) is 4.57 Å². The van der Waals surface area contributed by atoms with Crippen molar-refractivity contribution >= 4 is 52.4 Å². The summed E-state index contributed by atoms with van der Waals surface area (Å²) < 4.78 is 1.76. The number of rotatable bonds is 2. The van der Waals surface area contributed by atoms with Gasteiger partial charge >= 0.3 is 0 Å². The Balaban J connectivity index is 2.30. The van der Waals surface area contributed by atoms with Gasteiger partial charge in [0.2, 0.25) is 0 Å². The van der Waals surface area contributed by atoms with E-state index in [9.17, 15) is 0 Å². The van der Waals surface area contributed by atoms with Gasteiger partial charge in [-0.15, -0.1) is 0 Å². The van der Waals surface area contributed by atoms with Crippen molar-refractivity contribution in [2.75, 3.05) is 19.0 Å². The molecule has 0 radical (unpaired) electrons. The minimum Gasteiger partial charge on any atom is -0.687 e. The fraction of sp³-hybridized carbons (Fsp3) is 0.143. The van der Waals surface area contributed by atoms with Crippen LogP contribution in [0, 0.1) is 0 Å². The molecule has 1 heterocycles. The Morgan fingerprint density at radius 3 is 2.35 bits per heavy atom. The average molecular weight is 326 g/mol. The van der Waals surface area contributed by atoms with Crippen LogP contribution in [0.2, 0.25) is 10.0 Å². The summed E-state index contributed by atoms with van der Waals surface area (Å²) in [6, 6.07) is 9.04. The van der Waals surface area contributed by atoms with Gasteiger partial charge in [-0.2, -0.15) is 0 Å². The number of hydrogen-bond donors (Lipinski definition) is 0. The molecule has 0 aliphatic rings. The first-order chi connectivity index (χ1) is 9.47. The molecule has 2 rings (SSSR count). The number of anilines is 1. The van der Waals surface area contributed by atoms with Gasteiger partial charge in [-0.1, -0.05) is 28.2 Å². The van der Waals surface area contributed by atoms with Crippen LogP contribution in [-0.4, -0.2) is 19.3 Å². The molecule has 3 nitrogen and oxygen atoms in total. The maximum Gasteiger partial charge on any atom is 0.191 e. The Morgan fingerprint density at radius 2 is 1.80 bits per heavy atom. The maximum atomic E-state index is 6.07. The molecule has 0 N–H and O–H groups in total. The van der Waals surface area contributed by atoms with Crippen LogP contribution in [0.5, 0.6) is 0 Å². The lowest BCUT2D eigenvalue weighted by Gasteiger charge is -2.12. The van der Waals surface area contributed by atoms with E-state index in [0.29, 0.717) is 20.9 Å². The van der Waals surface area contributed by atoms with E-state index in [2.05, 4.69) is 4.99 Å². The molecular formula is C14H13Cl2N3S. The van der Waals surface area contributed by atoms with E-state index in [1.807, 2.05) is 43.5 Å². The molecule has 104 valence electrons. The zero-order chi connectivity index (χ0) is 14.7. The largest absolute Gasteiger partial charge is 0.687 e. The first kappa shape index (κ1) is 15.0.